The molecule has 0 bridgehead atoms. The summed E-state index contributed by atoms with van der Waals surface area (Å²) in [5.41, 5.74) is 4.95. The molecule has 0 radical (unpaired) electrons. The van der Waals surface area contributed by atoms with Crippen LogP contribution in [-0.4, -0.2) is 66.4 Å². The fourth-order valence-electron chi connectivity index (χ4n) is 4.00. The Balaban J connectivity index is 0.000000538. The largest absolute Gasteiger partial charge is 0.473 e. The molecule has 36 heavy (non-hydrogen) atoms. The lowest BCUT2D eigenvalue weighted by molar-refractivity contribution is -0.159. The van der Waals surface area contributed by atoms with Gasteiger partial charge in [0.2, 0.25) is 0 Å². The molecule has 2 N–H and O–H groups in total. The van der Waals surface area contributed by atoms with E-state index in [9.17, 15) is 0 Å². The first-order valence-electron chi connectivity index (χ1n) is 11.8. The van der Waals surface area contributed by atoms with E-state index in [2.05, 4.69) is 77.4 Å². The monoisotopic (exact) mass is 510 g/mol. The highest BCUT2D eigenvalue weighted by Gasteiger charge is 2.19. The Labute approximate surface area is 216 Å². The summed E-state index contributed by atoms with van der Waals surface area (Å²) in [4.78, 5) is 23.2. The average Bonchev–Trinajstić information content (AvgIpc) is 2.88. The second-order valence-corrected chi connectivity index (χ2v) is 8.93. The maximum Gasteiger partial charge on any atom is 0.414 e. The summed E-state index contributed by atoms with van der Waals surface area (Å²) >= 11 is 6.08. The minimum atomic E-state index is -1.82. The number of hydrogen-bond acceptors (Lipinski definition) is 5. The quantitative estimate of drug-likeness (QED) is 0.444. The normalized spacial score (nSPS) is 14.4. The van der Waals surface area contributed by atoms with Gasteiger partial charge in [-0.05, 0) is 47.9 Å². The Morgan fingerprint density at radius 3 is 2.06 bits per heavy atom. The van der Waals surface area contributed by atoms with Crippen LogP contribution in [0, 0.1) is 6.92 Å². The lowest BCUT2D eigenvalue weighted by Gasteiger charge is -2.36. The SMILES string of the molecule is Cc1cccc(N2CCN(CCOC(c3ccccc3)c3ccc(Cl)cc3)CC2)c1.O=C(O)C(=O)O. The van der Waals surface area contributed by atoms with E-state index in [1.807, 2.05) is 18.2 Å². The number of anilines is 1. The Morgan fingerprint density at radius 2 is 1.47 bits per heavy atom. The molecule has 1 aliphatic heterocycles. The van der Waals surface area contributed by atoms with Crippen molar-refractivity contribution in [2.24, 2.45) is 0 Å². The van der Waals surface area contributed by atoms with Crippen molar-refractivity contribution in [3.63, 3.8) is 0 Å². The molecule has 190 valence electrons. The van der Waals surface area contributed by atoms with E-state index in [1.54, 1.807) is 0 Å². The Hall–Kier alpha value is -3.39. The van der Waals surface area contributed by atoms with Gasteiger partial charge >= 0.3 is 11.9 Å². The fraction of sp³-hybridized carbons (Fsp3) is 0.286. The van der Waals surface area contributed by atoms with Gasteiger partial charge in [-0.1, -0.05) is 66.2 Å². The first-order chi connectivity index (χ1) is 17.3. The molecule has 0 amide bonds. The van der Waals surface area contributed by atoms with Crippen LogP contribution in [0.1, 0.15) is 22.8 Å². The fourth-order valence-corrected chi connectivity index (χ4v) is 4.13. The zero-order valence-electron chi connectivity index (χ0n) is 20.2. The third-order valence-corrected chi connectivity index (χ3v) is 6.14. The van der Waals surface area contributed by atoms with Gasteiger partial charge in [0.1, 0.15) is 6.10 Å². The van der Waals surface area contributed by atoms with E-state index < -0.39 is 11.9 Å². The molecule has 0 saturated carbocycles. The topological polar surface area (TPSA) is 90.3 Å². The molecule has 0 aliphatic carbocycles. The number of halogens is 1. The van der Waals surface area contributed by atoms with Crippen LogP contribution in [0.3, 0.4) is 0 Å². The van der Waals surface area contributed by atoms with Crippen LogP contribution >= 0.6 is 11.6 Å². The molecule has 1 atom stereocenters. The molecule has 1 heterocycles. The Bertz CT molecular complexity index is 1100. The number of piperazine rings is 1. The van der Waals surface area contributed by atoms with Crippen LogP contribution in [0.4, 0.5) is 5.69 Å². The van der Waals surface area contributed by atoms with Crippen molar-refractivity contribution >= 4 is 29.2 Å². The minimum absolute atomic E-state index is 0.0722. The van der Waals surface area contributed by atoms with Crippen LogP contribution in [0.25, 0.3) is 0 Å². The minimum Gasteiger partial charge on any atom is -0.473 e. The van der Waals surface area contributed by atoms with E-state index in [1.165, 1.54) is 16.8 Å². The van der Waals surface area contributed by atoms with E-state index in [4.69, 9.17) is 36.1 Å². The summed E-state index contributed by atoms with van der Waals surface area (Å²) in [7, 11) is 0. The van der Waals surface area contributed by atoms with Crippen molar-refractivity contribution in [2.45, 2.75) is 13.0 Å². The van der Waals surface area contributed by atoms with Gasteiger partial charge in [0.15, 0.2) is 0 Å². The first kappa shape index (κ1) is 27.2. The smallest absolute Gasteiger partial charge is 0.414 e. The van der Waals surface area contributed by atoms with Crippen LogP contribution in [-0.2, 0) is 14.3 Å². The molecule has 0 aromatic heterocycles. The van der Waals surface area contributed by atoms with Gasteiger partial charge in [-0.3, -0.25) is 4.90 Å². The summed E-state index contributed by atoms with van der Waals surface area (Å²) < 4.78 is 6.39. The Morgan fingerprint density at radius 1 is 0.861 bits per heavy atom. The number of carboxylic acid groups (broad SMARTS) is 2. The number of nitrogens with zero attached hydrogens (tertiary/aromatic N) is 2. The van der Waals surface area contributed by atoms with Gasteiger partial charge in [0.05, 0.1) is 6.61 Å². The van der Waals surface area contributed by atoms with Crippen molar-refractivity contribution in [1.29, 1.82) is 0 Å². The summed E-state index contributed by atoms with van der Waals surface area (Å²) in [6.07, 6.45) is -0.0722. The number of benzene rings is 3. The maximum absolute atomic E-state index is 9.10. The standard InChI is InChI=1S/C26H29ClN2O.C2H2O4/c1-21-6-5-9-25(20-21)29-16-14-28(15-17-29)18-19-30-26(22-7-3-2-4-8-22)23-10-12-24(27)13-11-23;3-1(4)2(5)6/h2-13,20,26H,14-19H2,1H3;(H,3,4)(H,5,6). The van der Waals surface area contributed by atoms with Crippen molar-refractivity contribution in [1.82, 2.24) is 4.90 Å². The molecule has 8 heteroatoms. The van der Waals surface area contributed by atoms with Crippen LogP contribution < -0.4 is 4.90 Å². The van der Waals surface area contributed by atoms with Gasteiger partial charge in [0, 0.05) is 43.4 Å². The number of carbonyl (C=O) groups is 2. The molecule has 3 aromatic carbocycles. The molecule has 1 fully saturated rings. The number of rotatable bonds is 7. The molecule has 1 saturated heterocycles. The highest BCUT2D eigenvalue weighted by Crippen LogP contribution is 2.27. The van der Waals surface area contributed by atoms with Crippen LogP contribution in [0.15, 0.2) is 78.9 Å². The van der Waals surface area contributed by atoms with E-state index in [0.29, 0.717) is 6.61 Å². The van der Waals surface area contributed by atoms with Crippen molar-refractivity contribution < 1.29 is 24.5 Å². The molecule has 1 aliphatic rings. The molecule has 7 nitrogen and oxygen atoms in total. The van der Waals surface area contributed by atoms with Crippen molar-refractivity contribution in [2.75, 3.05) is 44.2 Å². The number of carboxylic acids is 2. The highest BCUT2D eigenvalue weighted by atomic mass is 35.5. The summed E-state index contributed by atoms with van der Waals surface area (Å²) in [6, 6.07) is 27.2. The predicted molar refractivity (Wildman–Crippen MR) is 141 cm³/mol. The van der Waals surface area contributed by atoms with Crippen LogP contribution in [0.2, 0.25) is 5.02 Å². The molecule has 0 spiro atoms. The van der Waals surface area contributed by atoms with Crippen molar-refractivity contribution in [3.8, 4) is 0 Å². The van der Waals surface area contributed by atoms with E-state index in [0.717, 1.165) is 43.3 Å². The second kappa shape index (κ2) is 13.6. The van der Waals surface area contributed by atoms with Crippen LogP contribution in [0.5, 0.6) is 0 Å². The lowest BCUT2D eigenvalue weighted by Crippen LogP contribution is -2.47. The van der Waals surface area contributed by atoms with Crippen molar-refractivity contribution in [3.05, 3.63) is 101 Å². The molecular formula is C28H31ClN2O5. The first-order valence-corrected chi connectivity index (χ1v) is 12.1. The van der Waals surface area contributed by atoms with E-state index in [-0.39, 0.29) is 6.10 Å². The number of ether oxygens (including phenoxy) is 1. The molecular weight excluding hydrogens is 480 g/mol. The van der Waals surface area contributed by atoms with Gasteiger partial charge in [-0.25, -0.2) is 9.59 Å². The summed E-state index contributed by atoms with van der Waals surface area (Å²) in [6.45, 7) is 8.04. The third-order valence-electron chi connectivity index (χ3n) is 5.89. The summed E-state index contributed by atoms with van der Waals surface area (Å²) in [5.74, 6) is -3.65. The number of aliphatic carboxylic acids is 2. The summed E-state index contributed by atoms with van der Waals surface area (Å²) in [5, 5.41) is 15.5. The highest BCUT2D eigenvalue weighted by molar-refractivity contribution is 6.30. The lowest BCUT2D eigenvalue weighted by atomic mass is 10.0. The van der Waals surface area contributed by atoms with Gasteiger partial charge in [0.25, 0.3) is 0 Å². The van der Waals surface area contributed by atoms with Gasteiger partial charge in [-0.15, -0.1) is 0 Å². The number of hydrogen-bond donors (Lipinski definition) is 2. The predicted octanol–water partition coefficient (Wildman–Crippen LogP) is 4.73. The van der Waals surface area contributed by atoms with E-state index >= 15 is 0 Å². The average molecular weight is 511 g/mol. The molecule has 3 aromatic rings. The third kappa shape index (κ3) is 8.37. The van der Waals surface area contributed by atoms with Gasteiger partial charge < -0.3 is 19.8 Å². The van der Waals surface area contributed by atoms with Gasteiger partial charge in [-0.2, -0.15) is 0 Å². The Kier molecular flexibility index (Phi) is 10.3. The maximum atomic E-state index is 9.10. The number of aryl methyl sites for hydroxylation is 1. The molecule has 4 rings (SSSR count). The second-order valence-electron chi connectivity index (χ2n) is 8.49. The zero-order chi connectivity index (χ0) is 25.9. The zero-order valence-corrected chi connectivity index (χ0v) is 21.0. The molecule has 1 unspecified atom stereocenters.